The van der Waals surface area contributed by atoms with E-state index in [2.05, 4.69) is 15.3 Å². The maximum atomic E-state index is 11.9. The first-order chi connectivity index (χ1) is 9.67. The summed E-state index contributed by atoms with van der Waals surface area (Å²) < 4.78 is 0. The van der Waals surface area contributed by atoms with Crippen LogP contribution < -0.4 is 11.1 Å². The summed E-state index contributed by atoms with van der Waals surface area (Å²) in [7, 11) is 0. The molecular weight excluding hydrogens is 272 g/mol. The molecule has 0 saturated carbocycles. The summed E-state index contributed by atoms with van der Waals surface area (Å²) in [4.78, 5) is 20.5. The fourth-order valence-corrected chi connectivity index (χ4v) is 2.53. The van der Waals surface area contributed by atoms with Crippen LogP contribution in [0.5, 0.6) is 0 Å². The molecular formula is C14H18N4OS. The van der Waals surface area contributed by atoms with Crippen molar-refractivity contribution in [2.24, 2.45) is 5.73 Å². The number of carbonyl (C=O) groups is 1. The molecule has 0 aliphatic heterocycles. The highest BCUT2D eigenvalue weighted by atomic mass is 32.1. The summed E-state index contributed by atoms with van der Waals surface area (Å²) in [6.07, 6.45) is 3.80. The summed E-state index contributed by atoms with van der Waals surface area (Å²) in [5.41, 5.74) is 7.33. The number of hydrogen-bond donors (Lipinski definition) is 2. The van der Waals surface area contributed by atoms with Gasteiger partial charge in [-0.15, -0.1) is 11.3 Å². The van der Waals surface area contributed by atoms with Crippen LogP contribution in [0.2, 0.25) is 0 Å². The van der Waals surface area contributed by atoms with Crippen molar-refractivity contribution < 1.29 is 4.79 Å². The van der Waals surface area contributed by atoms with Gasteiger partial charge in [-0.1, -0.05) is 6.07 Å². The number of aromatic nitrogens is 2. The van der Waals surface area contributed by atoms with Gasteiger partial charge in [0, 0.05) is 18.0 Å². The van der Waals surface area contributed by atoms with Crippen molar-refractivity contribution in [3.63, 3.8) is 0 Å². The van der Waals surface area contributed by atoms with E-state index in [1.807, 2.05) is 18.4 Å². The van der Waals surface area contributed by atoms with Crippen LogP contribution in [0.15, 0.2) is 23.7 Å². The first-order valence-electron chi connectivity index (χ1n) is 6.53. The summed E-state index contributed by atoms with van der Waals surface area (Å²) in [6.45, 7) is 2.62. The van der Waals surface area contributed by atoms with Crippen molar-refractivity contribution >= 4 is 23.1 Å². The number of nitrogens with one attached hydrogen (secondary N) is 1. The largest absolute Gasteiger partial charge is 0.330 e. The van der Waals surface area contributed by atoms with Crippen LogP contribution in [-0.4, -0.2) is 22.4 Å². The molecule has 0 unspecified atom stereocenters. The minimum absolute atomic E-state index is 0.1000. The zero-order valence-electron chi connectivity index (χ0n) is 11.4. The average Bonchev–Trinajstić information content (AvgIpc) is 2.86. The molecule has 106 valence electrons. The Labute approximate surface area is 122 Å². The fourth-order valence-electron chi connectivity index (χ4n) is 1.69. The second-order valence-electron chi connectivity index (χ2n) is 4.57. The van der Waals surface area contributed by atoms with E-state index in [0.717, 1.165) is 29.1 Å². The highest BCUT2D eigenvalue weighted by Gasteiger charge is 2.08. The standard InChI is InChI=1S/C14H18N4OS/c1-10-4-5-12(16-8-10)18-13(19)7-11-9-20-14(17-11)3-2-6-15/h4-5,8-9H,2-3,6-7,15H2,1H3,(H,16,18,19). The van der Waals surface area contributed by atoms with Crippen LogP contribution in [0.25, 0.3) is 0 Å². The summed E-state index contributed by atoms with van der Waals surface area (Å²) >= 11 is 1.58. The maximum absolute atomic E-state index is 11.9. The number of nitrogens with zero attached hydrogens (tertiary/aromatic N) is 2. The fraction of sp³-hybridized carbons (Fsp3) is 0.357. The molecule has 0 atom stereocenters. The van der Waals surface area contributed by atoms with Gasteiger partial charge in [0.05, 0.1) is 17.1 Å². The van der Waals surface area contributed by atoms with Crippen LogP contribution in [-0.2, 0) is 17.6 Å². The van der Waals surface area contributed by atoms with Gasteiger partial charge in [-0.3, -0.25) is 4.79 Å². The van der Waals surface area contributed by atoms with Gasteiger partial charge >= 0.3 is 0 Å². The first-order valence-corrected chi connectivity index (χ1v) is 7.41. The maximum Gasteiger partial charge on any atom is 0.231 e. The van der Waals surface area contributed by atoms with Gasteiger partial charge < -0.3 is 11.1 Å². The third-order valence-corrected chi connectivity index (χ3v) is 3.67. The Balaban J connectivity index is 1.87. The van der Waals surface area contributed by atoms with E-state index < -0.39 is 0 Å². The van der Waals surface area contributed by atoms with Crippen molar-refractivity contribution in [2.45, 2.75) is 26.2 Å². The SMILES string of the molecule is Cc1ccc(NC(=O)Cc2csc(CCCN)n2)nc1. The lowest BCUT2D eigenvalue weighted by Gasteiger charge is -2.03. The van der Waals surface area contributed by atoms with E-state index >= 15 is 0 Å². The Morgan fingerprint density at radius 2 is 2.30 bits per heavy atom. The zero-order valence-corrected chi connectivity index (χ0v) is 12.2. The summed E-state index contributed by atoms with van der Waals surface area (Å²) in [5, 5.41) is 5.72. The topological polar surface area (TPSA) is 80.9 Å². The monoisotopic (exact) mass is 290 g/mol. The normalized spacial score (nSPS) is 10.5. The van der Waals surface area contributed by atoms with Crippen LogP contribution in [0.1, 0.15) is 22.7 Å². The third-order valence-electron chi connectivity index (χ3n) is 2.71. The number of aryl methyl sites for hydroxylation is 2. The number of amides is 1. The molecule has 3 N–H and O–H groups in total. The molecule has 2 aromatic heterocycles. The van der Waals surface area contributed by atoms with E-state index in [1.54, 1.807) is 23.6 Å². The predicted molar refractivity (Wildman–Crippen MR) is 80.8 cm³/mol. The Bertz CT molecular complexity index is 565. The molecule has 1 amide bonds. The molecule has 5 nitrogen and oxygen atoms in total. The number of anilines is 1. The van der Waals surface area contributed by atoms with Crippen molar-refractivity contribution in [2.75, 3.05) is 11.9 Å². The molecule has 2 rings (SSSR count). The lowest BCUT2D eigenvalue weighted by Crippen LogP contribution is -2.15. The van der Waals surface area contributed by atoms with Crippen LogP contribution in [0.4, 0.5) is 5.82 Å². The van der Waals surface area contributed by atoms with Crippen molar-refractivity contribution in [1.82, 2.24) is 9.97 Å². The second-order valence-corrected chi connectivity index (χ2v) is 5.51. The molecule has 2 heterocycles. The number of thiazole rings is 1. The van der Waals surface area contributed by atoms with Gasteiger partial charge in [-0.2, -0.15) is 0 Å². The third kappa shape index (κ3) is 4.40. The Kier molecular flexibility index (Phi) is 5.20. The van der Waals surface area contributed by atoms with Crippen molar-refractivity contribution in [3.05, 3.63) is 40.0 Å². The second kappa shape index (κ2) is 7.12. The highest BCUT2D eigenvalue weighted by molar-refractivity contribution is 7.09. The van der Waals surface area contributed by atoms with E-state index in [-0.39, 0.29) is 12.3 Å². The highest BCUT2D eigenvalue weighted by Crippen LogP contribution is 2.13. The van der Waals surface area contributed by atoms with Gasteiger partial charge in [0.25, 0.3) is 0 Å². The summed E-state index contributed by atoms with van der Waals surface area (Å²) in [6, 6.07) is 3.71. The minimum atomic E-state index is -0.1000. The van der Waals surface area contributed by atoms with Crippen LogP contribution in [0.3, 0.4) is 0 Å². The zero-order chi connectivity index (χ0) is 14.4. The predicted octanol–water partition coefficient (Wildman–Crippen LogP) is 1.92. The number of pyridine rings is 1. The van der Waals surface area contributed by atoms with E-state index in [1.165, 1.54) is 0 Å². The van der Waals surface area contributed by atoms with E-state index in [0.29, 0.717) is 12.4 Å². The number of nitrogens with two attached hydrogens (primary N) is 1. The lowest BCUT2D eigenvalue weighted by atomic mass is 10.3. The van der Waals surface area contributed by atoms with Gasteiger partial charge in [0.15, 0.2) is 0 Å². The lowest BCUT2D eigenvalue weighted by molar-refractivity contribution is -0.115. The molecule has 0 aliphatic carbocycles. The number of carbonyl (C=O) groups excluding carboxylic acids is 1. The molecule has 0 radical (unpaired) electrons. The number of hydrogen-bond acceptors (Lipinski definition) is 5. The summed E-state index contributed by atoms with van der Waals surface area (Å²) in [5.74, 6) is 0.469. The Morgan fingerprint density at radius 1 is 1.45 bits per heavy atom. The Morgan fingerprint density at radius 3 is 3.00 bits per heavy atom. The minimum Gasteiger partial charge on any atom is -0.330 e. The molecule has 0 spiro atoms. The van der Waals surface area contributed by atoms with E-state index in [4.69, 9.17) is 5.73 Å². The first kappa shape index (κ1) is 14.6. The Hall–Kier alpha value is -1.79. The molecule has 2 aromatic rings. The molecule has 0 fully saturated rings. The van der Waals surface area contributed by atoms with E-state index in [9.17, 15) is 4.79 Å². The van der Waals surface area contributed by atoms with Gasteiger partial charge in [0.1, 0.15) is 5.82 Å². The molecule has 0 aliphatic rings. The smallest absolute Gasteiger partial charge is 0.231 e. The molecule has 0 bridgehead atoms. The van der Waals surface area contributed by atoms with Crippen molar-refractivity contribution in [3.8, 4) is 0 Å². The van der Waals surface area contributed by atoms with Gasteiger partial charge in [0.2, 0.25) is 5.91 Å². The quantitative estimate of drug-likeness (QED) is 0.851. The molecule has 6 heteroatoms. The average molecular weight is 290 g/mol. The van der Waals surface area contributed by atoms with Crippen LogP contribution >= 0.6 is 11.3 Å². The molecule has 0 aromatic carbocycles. The molecule has 20 heavy (non-hydrogen) atoms. The number of rotatable bonds is 6. The molecule has 0 saturated heterocycles. The van der Waals surface area contributed by atoms with Gasteiger partial charge in [-0.05, 0) is 31.5 Å². The van der Waals surface area contributed by atoms with Crippen molar-refractivity contribution in [1.29, 1.82) is 0 Å². The van der Waals surface area contributed by atoms with Crippen LogP contribution in [0, 0.1) is 6.92 Å². The van der Waals surface area contributed by atoms with Gasteiger partial charge in [-0.25, -0.2) is 9.97 Å².